The number of sulfonamides is 1. The number of ether oxygens (including phenoxy) is 1. The first-order valence-corrected chi connectivity index (χ1v) is 13.1. The highest BCUT2D eigenvalue weighted by Gasteiger charge is 2.37. The topological polar surface area (TPSA) is 128 Å². The van der Waals surface area contributed by atoms with Gasteiger partial charge in [-0.2, -0.15) is 0 Å². The van der Waals surface area contributed by atoms with Gasteiger partial charge in [-0.25, -0.2) is 22.0 Å². The average molecular weight is 462 g/mol. The normalized spacial score (nSPS) is 22.8. The van der Waals surface area contributed by atoms with Crippen molar-refractivity contribution in [1.29, 1.82) is 0 Å². The van der Waals surface area contributed by atoms with Crippen LogP contribution < -0.4 is 19.9 Å². The van der Waals surface area contributed by atoms with E-state index < -0.39 is 19.9 Å². The molecule has 2 aliphatic rings. The molecule has 0 spiro atoms. The van der Waals surface area contributed by atoms with Gasteiger partial charge in [0.1, 0.15) is 9.99 Å². The van der Waals surface area contributed by atoms with E-state index in [-0.39, 0.29) is 21.3 Å². The second kappa shape index (κ2) is 10.5. The van der Waals surface area contributed by atoms with E-state index in [0.717, 1.165) is 29.8 Å². The number of rotatable bonds is 6. The molecule has 0 aromatic heterocycles. The second-order valence-electron chi connectivity index (χ2n) is 6.61. The number of methoxy groups -OCH3 is 1. The molecule has 1 fully saturated rings. The van der Waals surface area contributed by atoms with E-state index in [4.69, 9.17) is 9.88 Å². The minimum atomic E-state index is -3.52. The minimum Gasteiger partial charge on any atom is -0.497 e. The number of nitrogens with two attached hydrogens (primary N) is 1. The van der Waals surface area contributed by atoms with E-state index >= 15 is 0 Å². The predicted octanol–water partition coefficient (Wildman–Crippen LogP) is 1.28. The lowest BCUT2D eigenvalue weighted by Crippen LogP contribution is -2.29. The van der Waals surface area contributed by atoms with Crippen molar-refractivity contribution in [2.75, 3.05) is 19.4 Å². The van der Waals surface area contributed by atoms with Crippen LogP contribution in [-0.4, -0.2) is 47.5 Å². The summed E-state index contributed by atoms with van der Waals surface area (Å²) in [4.78, 5) is 0. The smallest absolute Gasteiger partial charge is 0.245 e. The van der Waals surface area contributed by atoms with E-state index in [1.165, 1.54) is 6.08 Å². The van der Waals surface area contributed by atoms with Gasteiger partial charge in [0.15, 0.2) is 9.84 Å². The molecule has 2 aliphatic heterocycles. The zero-order valence-electron chi connectivity index (χ0n) is 16.4. The van der Waals surface area contributed by atoms with Crippen LogP contribution in [0.15, 0.2) is 46.9 Å². The molecule has 1 aromatic rings. The summed E-state index contributed by atoms with van der Waals surface area (Å²) in [7, 11) is -4.88. The van der Waals surface area contributed by atoms with E-state index in [2.05, 4.69) is 10.0 Å². The Morgan fingerprint density at radius 2 is 2.14 bits per heavy atom. The van der Waals surface area contributed by atoms with Gasteiger partial charge in [-0.3, -0.25) is 0 Å². The van der Waals surface area contributed by atoms with Crippen molar-refractivity contribution in [3.8, 4) is 5.75 Å². The molecule has 0 bridgehead atoms. The van der Waals surface area contributed by atoms with Crippen LogP contribution in [0.4, 0.5) is 0 Å². The number of sulfone groups is 1. The van der Waals surface area contributed by atoms with Gasteiger partial charge in [-0.05, 0) is 61.2 Å². The second-order valence-corrected chi connectivity index (χ2v) is 11.6. The average Bonchev–Trinajstić information content (AvgIpc) is 2.96. The van der Waals surface area contributed by atoms with E-state index in [1.807, 2.05) is 31.2 Å². The molecule has 29 heavy (non-hydrogen) atoms. The molecule has 0 aliphatic carbocycles. The Morgan fingerprint density at radius 3 is 2.69 bits per heavy atom. The van der Waals surface area contributed by atoms with Crippen LogP contribution in [0.2, 0.25) is 0 Å². The Kier molecular flexibility index (Phi) is 8.58. The monoisotopic (exact) mass is 461 g/mol. The van der Waals surface area contributed by atoms with E-state index in [9.17, 15) is 16.8 Å². The van der Waals surface area contributed by atoms with Gasteiger partial charge < -0.3 is 14.8 Å². The molecule has 162 valence electrons. The number of primary sulfonamides is 1. The van der Waals surface area contributed by atoms with Gasteiger partial charge >= 0.3 is 0 Å². The summed E-state index contributed by atoms with van der Waals surface area (Å²) in [5.41, 5.74) is 1.02. The summed E-state index contributed by atoms with van der Waals surface area (Å²) in [6.07, 6.45) is 5.92. The molecule has 3 rings (SSSR count). The zero-order valence-corrected chi connectivity index (χ0v) is 18.8. The maximum Gasteiger partial charge on any atom is 0.245 e. The van der Waals surface area contributed by atoms with Gasteiger partial charge in [0, 0.05) is 12.2 Å². The molecule has 4 N–H and O–H groups in total. The fourth-order valence-electron chi connectivity index (χ4n) is 3.10. The third-order valence-electron chi connectivity index (χ3n) is 4.42. The molecule has 2 atom stereocenters. The molecule has 1 unspecified atom stereocenters. The number of hydrogen-bond acceptors (Lipinski definition) is 8. The first-order valence-electron chi connectivity index (χ1n) is 9.05. The van der Waals surface area contributed by atoms with Crippen molar-refractivity contribution in [3.05, 3.63) is 52.4 Å². The lowest BCUT2D eigenvalue weighted by Gasteiger charge is -2.11. The zero-order chi connectivity index (χ0) is 21.5. The van der Waals surface area contributed by atoms with Gasteiger partial charge in [0.2, 0.25) is 10.0 Å². The number of benzene rings is 1. The summed E-state index contributed by atoms with van der Waals surface area (Å²) in [6, 6.07) is 7.74. The molecule has 0 saturated carbocycles. The maximum atomic E-state index is 12.1. The number of nitrogens with one attached hydrogen (secondary N) is 2. The first kappa shape index (κ1) is 23.7. The van der Waals surface area contributed by atoms with Crippen molar-refractivity contribution in [3.63, 3.8) is 0 Å². The minimum absolute atomic E-state index is 0.102. The molecular weight excluding hydrogens is 434 g/mol. The van der Waals surface area contributed by atoms with E-state index in [0.29, 0.717) is 12.8 Å². The van der Waals surface area contributed by atoms with Crippen LogP contribution >= 0.6 is 11.9 Å². The summed E-state index contributed by atoms with van der Waals surface area (Å²) >= 11 is 0.981. The van der Waals surface area contributed by atoms with E-state index in [1.54, 1.807) is 19.4 Å². The van der Waals surface area contributed by atoms with Crippen molar-refractivity contribution in [1.82, 2.24) is 10.0 Å². The van der Waals surface area contributed by atoms with Crippen molar-refractivity contribution in [2.45, 2.75) is 31.1 Å². The highest BCUT2D eigenvalue weighted by Crippen LogP contribution is 2.25. The Balaban J connectivity index is 0.000000253. The molecule has 2 heterocycles. The van der Waals surface area contributed by atoms with Crippen molar-refractivity contribution in [2.24, 2.45) is 5.14 Å². The Morgan fingerprint density at radius 1 is 1.38 bits per heavy atom. The largest absolute Gasteiger partial charge is 0.497 e. The summed E-state index contributed by atoms with van der Waals surface area (Å²) < 4.78 is 53.4. The molecule has 0 amide bonds. The van der Waals surface area contributed by atoms with Crippen LogP contribution in [0.5, 0.6) is 5.75 Å². The quantitative estimate of drug-likeness (QED) is 0.541. The third-order valence-corrected chi connectivity index (χ3v) is 8.89. The number of allylic oxidation sites excluding steroid dienone is 2. The van der Waals surface area contributed by atoms with Crippen LogP contribution in [0, 0.1) is 0 Å². The molecular formula is C18H27N3O5S3. The van der Waals surface area contributed by atoms with Gasteiger partial charge in [0.25, 0.3) is 0 Å². The molecule has 11 heteroatoms. The SMILES string of the molecule is CCNC1C[C@@H](Cc2cccc(OC)c2)S(=O)(=O)C1.NS(=O)(=O)C1=CC=CNS1. The molecule has 8 nitrogen and oxygen atoms in total. The fraction of sp³-hybridized carbons (Fsp3) is 0.444. The summed E-state index contributed by atoms with van der Waals surface area (Å²) in [6.45, 7) is 2.81. The molecule has 0 radical (unpaired) electrons. The van der Waals surface area contributed by atoms with Gasteiger partial charge in [0.05, 0.1) is 18.1 Å². The van der Waals surface area contributed by atoms with Crippen molar-refractivity contribution >= 4 is 31.8 Å². The Hall–Kier alpha value is -1.53. The lowest BCUT2D eigenvalue weighted by atomic mass is 10.0. The van der Waals surface area contributed by atoms with Crippen molar-refractivity contribution < 1.29 is 21.6 Å². The van der Waals surface area contributed by atoms with Crippen LogP contribution in [0.1, 0.15) is 18.9 Å². The first-order chi connectivity index (χ1) is 13.7. The Bertz CT molecular complexity index is 959. The highest BCUT2D eigenvalue weighted by atomic mass is 32.3. The fourth-order valence-corrected chi connectivity index (χ4v) is 6.44. The highest BCUT2D eigenvalue weighted by molar-refractivity contribution is 8.17. The van der Waals surface area contributed by atoms with Crippen LogP contribution in [-0.2, 0) is 26.3 Å². The van der Waals surface area contributed by atoms with Gasteiger partial charge in [-0.1, -0.05) is 19.1 Å². The predicted molar refractivity (Wildman–Crippen MR) is 117 cm³/mol. The Labute approximate surface area is 177 Å². The maximum absolute atomic E-state index is 12.1. The standard InChI is InChI=1S/C14H21NO3S.C4H6N2O2S2/c1-3-15-12-9-14(19(16,17)10-12)8-11-5-4-6-13(7-11)18-2;5-10(7,8)4-2-1-3-6-9-4/h4-7,12,14-15H,3,8-10H2,1-2H3;1-3,6H,(H2,5,7,8)/t12?,14-;/m1./s1. The lowest BCUT2D eigenvalue weighted by molar-refractivity contribution is 0.414. The summed E-state index contributed by atoms with van der Waals surface area (Å²) in [5, 5.41) is 7.78. The number of hydrogen-bond donors (Lipinski definition) is 3. The van der Waals surface area contributed by atoms with Gasteiger partial charge in [-0.15, -0.1) is 0 Å². The molecule has 1 aromatic carbocycles. The summed E-state index contributed by atoms with van der Waals surface area (Å²) in [5.74, 6) is 1.03. The molecule has 1 saturated heterocycles. The van der Waals surface area contributed by atoms with Crippen LogP contribution in [0.25, 0.3) is 0 Å². The third kappa shape index (κ3) is 7.34. The van der Waals surface area contributed by atoms with Crippen LogP contribution in [0.3, 0.4) is 0 Å².